The summed E-state index contributed by atoms with van der Waals surface area (Å²) in [6, 6.07) is 12.6. The predicted molar refractivity (Wildman–Crippen MR) is 88.8 cm³/mol. The third-order valence-corrected chi connectivity index (χ3v) is 4.11. The molecule has 0 aliphatic carbocycles. The number of carbonyl (C=O) groups is 1. The first-order valence-electron chi connectivity index (χ1n) is 7.56. The van der Waals surface area contributed by atoms with Gasteiger partial charge >= 0.3 is 0 Å². The van der Waals surface area contributed by atoms with Crippen LogP contribution in [0, 0.1) is 0 Å². The van der Waals surface area contributed by atoms with Crippen molar-refractivity contribution in [2.45, 2.75) is 18.9 Å². The Kier molecular flexibility index (Phi) is 4.84. The molecule has 1 aliphatic rings. The van der Waals surface area contributed by atoms with E-state index in [1.54, 1.807) is 6.07 Å². The van der Waals surface area contributed by atoms with Crippen LogP contribution in [0.1, 0.15) is 22.7 Å². The Labute approximate surface area is 140 Å². The molecule has 2 N–H and O–H groups in total. The van der Waals surface area contributed by atoms with E-state index in [-0.39, 0.29) is 18.9 Å². The second-order valence-electron chi connectivity index (χ2n) is 5.54. The van der Waals surface area contributed by atoms with Crippen molar-refractivity contribution in [1.29, 1.82) is 0 Å². The average molecular weight is 332 g/mol. The van der Waals surface area contributed by atoms with Crippen molar-refractivity contribution in [3.8, 4) is 5.75 Å². The topological polar surface area (TPSA) is 58.6 Å². The van der Waals surface area contributed by atoms with Crippen LogP contribution in [0.25, 0.3) is 0 Å². The van der Waals surface area contributed by atoms with Crippen molar-refractivity contribution >= 4 is 17.5 Å². The van der Waals surface area contributed by atoms with E-state index >= 15 is 0 Å². The highest BCUT2D eigenvalue weighted by Crippen LogP contribution is 2.33. The molecule has 1 heterocycles. The molecule has 5 heteroatoms. The van der Waals surface area contributed by atoms with Gasteiger partial charge < -0.3 is 15.2 Å². The molecule has 120 valence electrons. The molecule has 0 bridgehead atoms. The molecule has 0 fully saturated rings. The zero-order valence-electron chi connectivity index (χ0n) is 12.6. The van der Waals surface area contributed by atoms with Crippen LogP contribution in [-0.2, 0) is 17.6 Å². The summed E-state index contributed by atoms with van der Waals surface area (Å²) in [5.74, 6) is 0.595. The maximum Gasteiger partial charge on any atom is 0.225 e. The van der Waals surface area contributed by atoms with Crippen molar-refractivity contribution in [2.75, 3.05) is 13.2 Å². The van der Waals surface area contributed by atoms with Crippen molar-refractivity contribution in [2.24, 2.45) is 0 Å². The number of halogens is 1. The molecule has 3 rings (SSSR count). The summed E-state index contributed by atoms with van der Waals surface area (Å²) in [7, 11) is 0. The van der Waals surface area contributed by atoms with E-state index in [1.165, 1.54) is 0 Å². The standard InChI is InChI=1S/C18H18ClNO3/c19-15-8-13-6-7-23-18(13)14(9-15)10-17(22)20-16(11-21)12-4-2-1-3-5-12/h1-5,8-9,16,21H,6-7,10-11H2,(H,20,22)/t16-/m0/s1. The maximum absolute atomic E-state index is 12.3. The van der Waals surface area contributed by atoms with Gasteiger partial charge in [0.05, 0.1) is 25.7 Å². The summed E-state index contributed by atoms with van der Waals surface area (Å²) in [6.45, 7) is 0.466. The quantitative estimate of drug-likeness (QED) is 0.885. The number of rotatable bonds is 5. The van der Waals surface area contributed by atoms with Crippen LogP contribution < -0.4 is 10.1 Å². The lowest BCUT2D eigenvalue weighted by Gasteiger charge is -2.17. The molecule has 23 heavy (non-hydrogen) atoms. The van der Waals surface area contributed by atoms with E-state index in [1.807, 2.05) is 36.4 Å². The van der Waals surface area contributed by atoms with Crippen LogP contribution in [0.3, 0.4) is 0 Å². The van der Waals surface area contributed by atoms with E-state index in [4.69, 9.17) is 16.3 Å². The Hall–Kier alpha value is -2.04. The molecule has 2 aromatic carbocycles. The predicted octanol–water partition coefficient (Wildman–Crippen LogP) is 2.67. The number of hydrogen-bond donors (Lipinski definition) is 2. The Bertz CT molecular complexity index is 703. The molecule has 4 nitrogen and oxygen atoms in total. The van der Waals surface area contributed by atoms with E-state index in [0.29, 0.717) is 11.6 Å². The SMILES string of the molecule is O=C(Cc1cc(Cl)cc2c1OCC2)N[C@@H](CO)c1ccccc1. The third kappa shape index (κ3) is 3.66. The summed E-state index contributed by atoms with van der Waals surface area (Å²) in [4.78, 5) is 12.3. The Morgan fingerprint density at radius 3 is 2.83 bits per heavy atom. The largest absolute Gasteiger partial charge is 0.493 e. The summed E-state index contributed by atoms with van der Waals surface area (Å²) in [6.07, 6.45) is 0.986. The molecule has 0 saturated carbocycles. The number of aliphatic hydroxyl groups is 1. The highest BCUT2D eigenvalue weighted by atomic mass is 35.5. The van der Waals surface area contributed by atoms with Gasteiger partial charge in [0, 0.05) is 17.0 Å². The number of hydrogen-bond acceptors (Lipinski definition) is 3. The first-order chi connectivity index (χ1) is 11.2. The van der Waals surface area contributed by atoms with Gasteiger partial charge in [-0.2, -0.15) is 0 Å². The second-order valence-corrected chi connectivity index (χ2v) is 5.98. The molecule has 2 aromatic rings. The van der Waals surface area contributed by atoms with Gasteiger partial charge in [-0.3, -0.25) is 4.79 Å². The zero-order chi connectivity index (χ0) is 16.2. The van der Waals surface area contributed by atoms with E-state index in [2.05, 4.69) is 5.32 Å². The second kappa shape index (κ2) is 7.02. The average Bonchev–Trinajstić information content (AvgIpc) is 3.02. The van der Waals surface area contributed by atoms with Gasteiger partial charge in [0.2, 0.25) is 5.91 Å². The van der Waals surface area contributed by atoms with Gasteiger partial charge in [0.1, 0.15) is 5.75 Å². The van der Waals surface area contributed by atoms with E-state index in [9.17, 15) is 9.90 Å². The van der Waals surface area contributed by atoms with Gasteiger partial charge in [0.15, 0.2) is 0 Å². The molecular weight excluding hydrogens is 314 g/mol. The molecule has 1 aliphatic heterocycles. The number of aliphatic hydroxyl groups excluding tert-OH is 1. The van der Waals surface area contributed by atoms with Gasteiger partial charge in [-0.05, 0) is 23.3 Å². The molecule has 0 unspecified atom stereocenters. The number of fused-ring (bicyclic) bond motifs is 1. The number of carbonyl (C=O) groups excluding carboxylic acids is 1. The van der Waals surface area contributed by atoms with Gasteiger partial charge in [-0.15, -0.1) is 0 Å². The lowest BCUT2D eigenvalue weighted by Crippen LogP contribution is -2.32. The van der Waals surface area contributed by atoms with E-state index < -0.39 is 6.04 Å². The number of nitrogens with one attached hydrogen (secondary N) is 1. The fourth-order valence-corrected chi connectivity index (χ4v) is 3.08. The van der Waals surface area contributed by atoms with Crippen molar-refractivity contribution in [3.05, 3.63) is 64.2 Å². The highest BCUT2D eigenvalue weighted by Gasteiger charge is 2.20. The van der Waals surface area contributed by atoms with Crippen molar-refractivity contribution < 1.29 is 14.6 Å². The summed E-state index contributed by atoms with van der Waals surface area (Å²) >= 11 is 6.11. The minimum absolute atomic E-state index is 0.153. The molecule has 0 aromatic heterocycles. The maximum atomic E-state index is 12.3. The first-order valence-corrected chi connectivity index (χ1v) is 7.94. The van der Waals surface area contributed by atoms with Gasteiger partial charge in [-0.1, -0.05) is 41.9 Å². The van der Waals surface area contributed by atoms with Crippen LogP contribution in [0.15, 0.2) is 42.5 Å². The highest BCUT2D eigenvalue weighted by molar-refractivity contribution is 6.30. The fraction of sp³-hybridized carbons (Fsp3) is 0.278. The van der Waals surface area contributed by atoms with Crippen molar-refractivity contribution in [1.82, 2.24) is 5.32 Å². The van der Waals surface area contributed by atoms with Gasteiger partial charge in [0.25, 0.3) is 0 Å². The van der Waals surface area contributed by atoms with Crippen LogP contribution in [-0.4, -0.2) is 24.2 Å². The Morgan fingerprint density at radius 1 is 1.30 bits per heavy atom. The molecule has 0 radical (unpaired) electrons. The Balaban J connectivity index is 1.73. The monoisotopic (exact) mass is 331 g/mol. The van der Waals surface area contributed by atoms with Gasteiger partial charge in [-0.25, -0.2) is 0 Å². The Morgan fingerprint density at radius 2 is 2.09 bits per heavy atom. The zero-order valence-corrected chi connectivity index (χ0v) is 13.3. The number of benzene rings is 2. The normalized spacial score (nSPS) is 14.0. The number of ether oxygens (including phenoxy) is 1. The molecule has 0 spiro atoms. The smallest absolute Gasteiger partial charge is 0.225 e. The molecule has 0 saturated heterocycles. The van der Waals surface area contributed by atoms with Crippen molar-refractivity contribution in [3.63, 3.8) is 0 Å². The molecular formula is C18H18ClNO3. The van der Waals surface area contributed by atoms with Crippen LogP contribution >= 0.6 is 11.6 Å². The fourth-order valence-electron chi connectivity index (χ4n) is 2.82. The summed E-state index contributed by atoms with van der Waals surface area (Å²) in [5, 5.41) is 13.0. The lowest BCUT2D eigenvalue weighted by atomic mass is 10.0. The van der Waals surface area contributed by atoms with Crippen LogP contribution in [0.2, 0.25) is 5.02 Å². The first kappa shape index (κ1) is 15.8. The minimum atomic E-state index is -0.420. The van der Waals surface area contributed by atoms with E-state index in [0.717, 1.165) is 28.9 Å². The minimum Gasteiger partial charge on any atom is -0.493 e. The number of amides is 1. The molecule has 1 amide bonds. The van der Waals surface area contributed by atoms with Crippen LogP contribution in [0.5, 0.6) is 5.75 Å². The lowest BCUT2D eigenvalue weighted by molar-refractivity contribution is -0.121. The third-order valence-electron chi connectivity index (χ3n) is 3.90. The molecule has 1 atom stereocenters. The summed E-state index contributed by atoms with van der Waals surface area (Å²) in [5.41, 5.74) is 2.70. The van der Waals surface area contributed by atoms with Crippen LogP contribution in [0.4, 0.5) is 0 Å². The summed E-state index contributed by atoms with van der Waals surface area (Å²) < 4.78 is 5.61.